The van der Waals surface area contributed by atoms with Crippen LogP contribution in [0.5, 0.6) is 0 Å². The summed E-state index contributed by atoms with van der Waals surface area (Å²) in [4.78, 5) is 7.14. The van der Waals surface area contributed by atoms with E-state index in [2.05, 4.69) is 40.2 Å². The van der Waals surface area contributed by atoms with Crippen molar-refractivity contribution in [2.75, 3.05) is 25.0 Å². The summed E-state index contributed by atoms with van der Waals surface area (Å²) < 4.78 is 1.84. The molecule has 2 aromatic heterocycles. The van der Waals surface area contributed by atoms with E-state index in [1.54, 1.807) is 0 Å². The van der Waals surface area contributed by atoms with Crippen LogP contribution in [0.3, 0.4) is 0 Å². The van der Waals surface area contributed by atoms with Gasteiger partial charge in [0.15, 0.2) is 5.65 Å². The Hall–Kier alpha value is -1.62. The number of nitrogens with zero attached hydrogens (tertiary/aromatic N) is 4. The molecule has 1 saturated heterocycles. The lowest BCUT2D eigenvalue weighted by Crippen LogP contribution is -2.38. The van der Waals surface area contributed by atoms with E-state index in [4.69, 9.17) is 0 Å². The van der Waals surface area contributed by atoms with Gasteiger partial charge in [-0.3, -0.25) is 0 Å². The molecule has 0 bridgehead atoms. The average molecular weight is 287 g/mol. The van der Waals surface area contributed by atoms with E-state index < -0.39 is 0 Å². The topological polar surface area (TPSA) is 45.5 Å². The molecular weight excluding hydrogens is 262 g/mol. The predicted molar refractivity (Wildman–Crippen MR) is 85.7 cm³/mol. The fourth-order valence-electron chi connectivity index (χ4n) is 3.09. The van der Waals surface area contributed by atoms with Crippen molar-refractivity contribution in [2.45, 2.75) is 45.6 Å². The number of piperidine rings is 1. The van der Waals surface area contributed by atoms with Crippen LogP contribution >= 0.6 is 0 Å². The van der Waals surface area contributed by atoms with Gasteiger partial charge in [-0.25, -0.2) is 4.52 Å². The first-order valence-corrected chi connectivity index (χ1v) is 8.04. The summed E-state index contributed by atoms with van der Waals surface area (Å²) in [7, 11) is 0. The first kappa shape index (κ1) is 14.3. The van der Waals surface area contributed by atoms with Crippen LogP contribution in [0.15, 0.2) is 18.3 Å². The minimum atomic E-state index is 0.732. The number of hydrogen-bond acceptors (Lipinski definition) is 4. The molecule has 1 unspecified atom stereocenters. The summed E-state index contributed by atoms with van der Waals surface area (Å²) >= 11 is 0. The van der Waals surface area contributed by atoms with Crippen molar-refractivity contribution < 1.29 is 0 Å². The van der Waals surface area contributed by atoms with E-state index in [-0.39, 0.29) is 0 Å². The zero-order valence-corrected chi connectivity index (χ0v) is 13.0. The van der Waals surface area contributed by atoms with Gasteiger partial charge in [-0.2, -0.15) is 4.98 Å². The fourth-order valence-corrected chi connectivity index (χ4v) is 3.09. The highest BCUT2D eigenvalue weighted by Crippen LogP contribution is 2.16. The Kier molecular flexibility index (Phi) is 4.39. The summed E-state index contributed by atoms with van der Waals surface area (Å²) in [6, 6.07) is 4.80. The van der Waals surface area contributed by atoms with Crippen molar-refractivity contribution in [3.05, 3.63) is 23.9 Å². The molecule has 1 fully saturated rings. The summed E-state index contributed by atoms with van der Waals surface area (Å²) in [5, 5.41) is 7.80. The second kappa shape index (κ2) is 6.43. The van der Waals surface area contributed by atoms with E-state index in [9.17, 15) is 0 Å². The van der Waals surface area contributed by atoms with Crippen LogP contribution in [0.1, 0.15) is 38.2 Å². The molecule has 114 valence electrons. The second-order valence-corrected chi connectivity index (χ2v) is 6.06. The minimum Gasteiger partial charge on any atom is -0.353 e. The smallest absolute Gasteiger partial charge is 0.243 e. The van der Waals surface area contributed by atoms with Crippen LogP contribution in [-0.2, 0) is 0 Å². The van der Waals surface area contributed by atoms with Crippen LogP contribution in [-0.4, -0.2) is 45.2 Å². The molecular formula is C16H25N5. The molecule has 0 amide bonds. The molecule has 0 spiro atoms. The van der Waals surface area contributed by atoms with E-state index in [1.807, 2.05) is 16.8 Å². The highest BCUT2D eigenvalue weighted by molar-refractivity contribution is 5.49. The Labute approximate surface area is 126 Å². The number of likely N-dealkylation sites (tertiary alicyclic amines) is 1. The second-order valence-electron chi connectivity index (χ2n) is 6.06. The van der Waals surface area contributed by atoms with Crippen molar-refractivity contribution in [1.82, 2.24) is 19.5 Å². The van der Waals surface area contributed by atoms with Gasteiger partial charge in [-0.15, -0.1) is 5.10 Å². The molecule has 2 aromatic rings. The molecule has 0 radical (unpaired) electrons. The molecule has 0 aromatic carbocycles. The zero-order chi connectivity index (χ0) is 14.7. The Morgan fingerprint density at radius 3 is 3.10 bits per heavy atom. The maximum Gasteiger partial charge on any atom is 0.243 e. The molecule has 1 N–H and O–H groups in total. The van der Waals surface area contributed by atoms with Gasteiger partial charge in [0.1, 0.15) is 0 Å². The largest absolute Gasteiger partial charge is 0.353 e. The molecule has 0 saturated carbocycles. The van der Waals surface area contributed by atoms with Gasteiger partial charge >= 0.3 is 0 Å². The number of nitrogens with one attached hydrogen (secondary N) is 1. The summed E-state index contributed by atoms with van der Waals surface area (Å²) in [5.41, 5.74) is 2.09. The van der Waals surface area contributed by atoms with Gasteiger partial charge < -0.3 is 10.2 Å². The Morgan fingerprint density at radius 2 is 2.29 bits per heavy atom. The number of aromatic nitrogens is 3. The van der Waals surface area contributed by atoms with Crippen molar-refractivity contribution in [1.29, 1.82) is 0 Å². The molecule has 1 aliphatic heterocycles. The molecule has 5 heteroatoms. The van der Waals surface area contributed by atoms with Gasteiger partial charge in [0.05, 0.1) is 0 Å². The third-order valence-electron chi connectivity index (χ3n) is 4.40. The average Bonchev–Trinajstić information content (AvgIpc) is 2.90. The lowest BCUT2D eigenvalue weighted by atomic mass is 10.0. The number of hydrogen-bond donors (Lipinski definition) is 1. The normalized spacial score (nSPS) is 20.0. The van der Waals surface area contributed by atoms with Gasteiger partial charge in [0.2, 0.25) is 5.95 Å². The highest BCUT2D eigenvalue weighted by Gasteiger charge is 2.17. The number of fused-ring (bicyclic) bond motifs is 1. The summed E-state index contributed by atoms with van der Waals surface area (Å²) in [6.45, 7) is 7.76. The van der Waals surface area contributed by atoms with E-state index in [0.29, 0.717) is 0 Å². The number of pyridine rings is 1. The number of anilines is 1. The Morgan fingerprint density at radius 1 is 1.38 bits per heavy atom. The van der Waals surface area contributed by atoms with Gasteiger partial charge in [-0.1, -0.05) is 12.5 Å². The molecule has 3 rings (SSSR count). The summed E-state index contributed by atoms with van der Waals surface area (Å²) in [5.74, 6) is 0.732. The number of rotatable bonds is 5. The predicted octanol–water partition coefficient (Wildman–Crippen LogP) is 2.71. The quantitative estimate of drug-likeness (QED) is 0.859. The lowest BCUT2D eigenvalue weighted by Gasteiger charge is -2.33. The van der Waals surface area contributed by atoms with Crippen LogP contribution in [0.4, 0.5) is 5.95 Å². The lowest BCUT2D eigenvalue weighted by molar-refractivity contribution is 0.160. The van der Waals surface area contributed by atoms with Crippen molar-refractivity contribution in [2.24, 2.45) is 0 Å². The van der Waals surface area contributed by atoms with Crippen LogP contribution < -0.4 is 5.32 Å². The van der Waals surface area contributed by atoms with Crippen molar-refractivity contribution >= 4 is 11.6 Å². The van der Waals surface area contributed by atoms with Gasteiger partial charge in [0.25, 0.3) is 0 Å². The van der Waals surface area contributed by atoms with Crippen LogP contribution in [0, 0.1) is 6.92 Å². The van der Waals surface area contributed by atoms with Crippen LogP contribution in [0.25, 0.3) is 5.65 Å². The molecule has 0 aliphatic carbocycles. The van der Waals surface area contributed by atoms with Crippen molar-refractivity contribution in [3.63, 3.8) is 0 Å². The zero-order valence-electron chi connectivity index (χ0n) is 13.0. The maximum atomic E-state index is 4.54. The maximum absolute atomic E-state index is 4.54. The molecule has 1 aliphatic rings. The first-order chi connectivity index (χ1) is 10.2. The first-order valence-electron chi connectivity index (χ1n) is 8.04. The third-order valence-corrected chi connectivity index (χ3v) is 4.40. The van der Waals surface area contributed by atoms with E-state index >= 15 is 0 Å². The SMILES string of the molecule is Cc1cccn2nc(NCCCN3CCCCC3C)nc12. The standard InChI is InChI=1S/C16H25N5/c1-13-7-5-12-21-15(13)18-16(19-21)17-9-6-11-20-10-4-3-8-14(20)2/h5,7,12,14H,3-4,6,8-11H2,1-2H3,(H,17,19). The van der Waals surface area contributed by atoms with E-state index in [0.717, 1.165) is 36.2 Å². The number of aryl methyl sites for hydroxylation is 1. The minimum absolute atomic E-state index is 0.732. The van der Waals surface area contributed by atoms with Crippen LogP contribution in [0.2, 0.25) is 0 Å². The third kappa shape index (κ3) is 3.35. The molecule has 5 nitrogen and oxygen atoms in total. The Bertz CT molecular complexity index is 591. The molecule has 1 atom stereocenters. The van der Waals surface area contributed by atoms with Gasteiger partial charge in [0, 0.05) is 25.3 Å². The summed E-state index contributed by atoms with van der Waals surface area (Å²) in [6.07, 6.45) is 7.17. The highest BCUT2D eigenvalue weighted by atomic mass is 15.3. The Balaban J connectivity index is 1.49. The molecule has 21 heavy (non-hydrogen) atoms. The van der Waals surface area contributed by atoms with E-state index in [1.165, 1.54) is 32.4 Å². The molecule has 3 heterocycles. The van der Waals surface area contributed by atoms with Gasteiger partial charge in [-0.05, 0) is 51.3 Å². The monoisotopic (exact) mass is 287 g/mol. The van der Waals surface area contributed by atoms with Crippen molar-refractivity contribution in [3.8, 4) is 0 Å². The fraction of sp³-hybridized carbons (Fsp3) is 0.625.